The monoisotopic (exact) mass is 552 g/mol. The molecule has 0 aliphatic heterocycles. The highest BCUT2D eigenvalue weighted by molar-refractivity contribution is 9.10. The van der Waals surface area contributed by atoms with Crippen molar-refractivity contribution in [1.29, 1.82) is 0 Å². The van der Waals surface area contributed by atoms with Gasteiger partial charge in [-0.1, -0.05) is 46.3 Å². The Kier molecular flexibility index (Phi) is 5.41. The first-order chi connectivity index (χ1) is 17.2. The van der Waals surface area contributed by atoms with Crippen LogP contribution in [0.3, 0.4) is 0 Å². The summed E-state index contributed by atoms with van der Waals surface area (Å²) in [4.78, 5) is 13.7. The van der Waals surface area contributed by atoms with E-state index in [9.17, 15) is 18.0 Å². The van der Waals surface area contributed by atoms with E-state index in [1.165, 1.54) is 23.3 Å². The highest BCUT2D eigenvalue weighted by atomic mass is 79.9. The highest BCUT2D eigenvalue weighted by Crippen LogP contribution is 2.63. The quantitative estimate of drug-likeness (QED) is 0.238. The summed E-state index contributed by atoms with van der Waals surface area (Å²) in [5.74, 6) is -0.0820. The number of benzene rings is 3. The topological polar surface area (TPSA) is 52.1 Å². The maximum absolute atomic E-state index is 13.7. The van der Waals surface area contributed by atoms with Crippen molar-refractivity contribution in [3.8, 4) is 11.6 Å². The zero-order valence-corrected chi connectivity index (χ0v) is 20.6. The van der Waals surface area contributed by atoms with E-state index in [4.69, 9.17) is 4.74 Å². The Morgan fingerprint density at radius 2 is 1.89 bits per heavy atom. The number of carbonyl (C=O) groups excluding carboxylic acids is 1. The lowest BCUT2D eigenvalue weighted by molar-refractivity contribution is -0.137. The zero-order chi connectivity index (χ0) is 25.1. The van der Waals surface area contributed by atoms with Gasteiger partial charge >= 0.3 is 6.18 Å². The van der Waals surface area contributed by atoms with Crippen molar-refractivity contribution in [2.75, 3.05) is 0 Å². The fraction of sp³-hybridized carbons (Fsp3) is 0.250. The largest absolute Gasteiger partial charge is 0.437 e. The standard InChI is InChI=1S/C28H20BrF3N2O2/c29-19-8-9-22-16(12-19)10-11-27(22)15-18(27)14-24(35)25-21-6-1-2-7-23(21)33-34-26(25)36-20-5-3-4-17(13-20)28(30,31)32/h1-9,12-13,18H,10-11,14-15H2/t18-,27-/m0/s1. The molecule has 2 aliphatic carbocycles. The summed E-state index contributed by atoms with van der Waals surface area (Å²) in [5, 5.41) is 8.81. The van der Waals surface area contributed by atoms with E-state index in [1.54, 1.807) is 24.3 Å². The van der Waals surface area contributed by atoms with E-state index in [2.05, 4.69) is 38.3 Å². The van der Waals surface area contributed by atoms with Crippen molar-refractivity contribution in [2.24, 2.45) is 5.92 Å². The second-order valence-corrected chi connectivity index (χ2v) is 10.4. The lowest BCUT2D eigenvalue weighted by atomic mass is 9.92. The zero-order valence-electron chi connectivity index (χ0n) is 19.0. The molecule has 2 atom stereocenters. The third kappa shape index (κ3) is 3.97. The van der Waals surface area contributed by atoms with Crippen molar-refractivity contribution < 1.29 is 22.7 Å². The van der Waals surface area contributed by atoms with Gasteiger partial charge in [-0.15, -0.1) is 10.2 Å². The maximum Gasteiger partial charge on any atom is 0.416 e. The number of aromatic nitrogens is 2. The van der Waals surface area contributed by atoms with Crippen LogP contribution in [0.15, 0.2) is 71.2 Å². The molecule has 2 aliphatic rings. The van der Waals surface area contributed by atoms with Gasteiger partial charge in [-0.25, -0.2) is 0 Å². The number of aryl methyl sites for hydroxylation is 1. The molecule has 8 heteroatoms. The van der Waals surface area contributed by atoms with Gasteiger partial charge in [0, 0.05) is 16.3 Å². The molecule has 182 valence electrons. The van der Waals surface area contributed by atoms with E-state index >= 15 is 0 Å². The van der Waals surface area contributed by atoms with Gasteiger partial charge in [0.05, 0.1) is 16.6 Å². The predicted octanol–water partition coefficient (Wildman–Crippen LogP) is 7.68. The Hall–Kier alpha value is -3.26. The molecular weight excluding hydrogens is 533 g/mol. The third-order valence-electron chi connectivity index (χ3n) is 7.40. The number of fused-ring (bicyclic) bond motifs is 3. The van der Waals surface area contributed by atoms with Crippen LogP contribution in [0.25, 0.3) is 10.9 Å². The number of ketones is 1. The van der Waals surface area contributed by atoms with Crippen LogP contribution in [0.5, 0.6) is 11.6 Å². The number of hydrogen-bond donors (Lipinski definition) is 0. The summed E-state index contributed by atoms with van der Waals surface area (Å²) in [6.07, 6.45) is -1.26. The highest BCUT2D eigenvalue weighted by Gasteiger charge is 2.58. The van der Waals surface area contributed by atoms with Gasteiger partial charge in [0.25, 0.3) is 0 Å². The number of alkyl halides is 3. The Bertz CT molecular complexity index is 1520. The smallest absolute Gasteiger partial charge is 0.416 e. The molecular formula is C28H20BrF3N2O2. The fourth-order valence-electron chi connectivity index (χ4n) is 5.58. The van der Waals surface area contributed by atoms with Crippen LogP contribution in [0, 0.1) is 5.92 Å². The molecule has 1 saturated carbocycles. The molecule has 36 heavy (non-hydrogen) atoms. The summed E-state index contributed by atoms with van der Waals surface area (Å²) in [6.45, 7) is 0. The van der Waals surface area contributed by atoms with Crippen LogP contribution in [0.2, 0.25) is 0 Å². The maximum atomic E-state index is 13.7. The van der Waals surface area contributed by atoms with Crippen LogP contribution >= 0.6 is 15.9 Å². The molecule has 0 amide bonds. The number of hydrogen-bond acceptors (Lipinski definition) is 4. The van der Waals surface area contributed by atoms with Crippen LogP contribution in [-0.2, 0) is 18.0 Å². The first-order valence-electron chi connectivity index (χ1n) is 11.7. The van der Waals surface area contributed by atoms with E-state index in [0.717, 1.165) is 35.9 Å². The van der Waals surface area contributed by atoms with Crippen LogP contribution < -0.4 is 4.74 Å². The summed E-state index contributed by atoms with van der Waals surface area (Å²) in [5.41, 5.74) is 2.61. The van der Waals surface area contributed by atoms with Crippen molar-refractivity contribution in [3.63, 3.8) is 0 Å². The first-order valence-corrected chi connectivity index (χ1v) is 12.5. The molecule has 0 unspecified atom stereocenters. The van der Waals surface area contributed by atoms with Crippen LogP contribution in [-0.4, -0.2) is 16.0 Å². The molecule has 0 saturated heterocycles. The van der Waals surface area contributed by atoms with Crippen molar-refractivity contribution in [1.82, 2.24) is 10.2 Å². The number of ether oxygens (including phenoxy) is 1. The van der Waals surface area contributed by atoms with Crippen molar-refractivity contribution in [2.45, 2.75) is 37.3 Å². The second kappa shape index (κ2) is 8.40. The van der Waals surface area contributed by atoms with Gasteiger partial charge in [-0.2, -0.15) is 13.2 Å². The number of nitrogens with zero attached hydrogens (tertiary/aromatic N) is 2. The molecule has 4 nitrogen and oxygen atoms in total. The summed E-state index contributed by atoms with van der Waals surface area (Å²) in [6, 6.07) is 18.0. The Morgan fingerprint density at radius 1 is 1.06 bits per heavy atom. The van der Waals surface area contributed by atoms with E-state index < -0.39 is 11.7 Å². The Labute approximate surface area is 213 Å². The molecule has 0 bridgehead atoms. The average molecular weight is 553 g/mol. The molecule has 4 aromatic rings. The molecule has 1 aromatic heterocycles. The fourth-order valence-corrected chi connectivity index (χ4v) is 5.99. The lowest BCUT2D eigenvalue weighted by Gasteiger charge is -2.14. The average Bonchev–Trinajstić information content (AvgIpc) is 3.42. The van der Waals surface area contributed by atoms with Crippen molar-refractivity contribution >= 4 is 32.6 Å². The molecule has 1 heterocycles. The Morgan fingerprint density at radius 3 is 2.72 bits per heavy atom. The van der Waals surface area contributed by atoms with Gasteiger partial charge in [0.2, 0.25) is 5.88 Å². The minimum Gasteiger partial charge on any atom is -0.437 e. The predicted molar refractivity (Wildman–Crippen MR) is 132 cm³/mol. The van der Waals surface area contributed by atoms with Gasteiger partial charge in [-0.3, -0.25) is 4.79 Å². The molecule has 3 aromatic carbocycles. The van der Waals surface area contributed by atoms with Crippen LogP contribution in [0.4, 0.5) is 13.2 Å². The number of carbonyl (C=O) groups is 1. The number of rotatable bonds is 5. The SMILES string of the molecule is O=C(C[C@H]1C[C@@]12CCc1cc(Br)ccc12)c1c(Oc2cccc(C(F)(F)F)c2)nnc2ccccc12. The molecule has 0 N–H and O–H groups in total. The van der Waals surface area contributed by atoms with Gasteiger partial charge in [-0.05, 0) is 78.1 Å². The second-order valence-electron chi connectivity index (χ2n) is 9.51. The summed E-state index contributed by atoms with van der Waals surface area (Å²) < 4.78 is 46.4. The summed E-state index contributed by atoms with van der Waals surface area (Å²) in [7, 11) is 0. The van der Waals surface area contributed by atoms with Gasteiger partial charge in [0.15, 0.2) is 5.78 Å². The molecule has 6 rings (SSSR count). The van der Waals surface area contributed by atoms with E-state index in [1.807, 2.05) is 6.07 Å². The summed E-state index contributed by atoms with van der Waals surface area (Å²) >= 11 is 3.54. The van der Waals surface area contributed by atoms with Gasteiger partial charge in [0.1, 0.15) is 5.75 Å². The van der Waals surface area contributed by atoms with Crippen molar-refractivity contribution in [3.05, 3.63) is 93.5 Å². The third-order valence-corrected chi connectivity index (χ3v) is 7.89. The molecule has 1 fully saturated rings. The van der Waals surface area contributed by atoms with E-state index in [0.29, 0.717) is 17.3 Å². The Balaban J connectivity index is 1.33. The lowest BCUT2D eigenvalue weighted by Crippen LogP contribution is -2.11. The molecule has 0 radical (unpaired) electrons. The van der Waals surface area contributed by atoms with Crippen LogP contribution in [0.1, 0.15) is 46.3 Å². The number of Topliss-reactive ketones (excluding diaryl/α,β-unsaturated/α-hetero) is 1. The minimum absolute atomic E-state index is 0.0179. The number of halogens is 4. The van der Waals surface area contributed by atoms with Gasteiger partial charge < -0.3 is 4.74 Å². The molecule has 1 spiro atoms. The minimum atomic E-state index is -4.51. The first kappa shape index (κ1) is 23.2. The van der Waals surface area contributed by atoms with E-state index in [-0.39, 0.29) is 34.3 Å². The normalized spacial score (nSPS) is 20.5.